The van der Waals surface area contributed by atoms with E-state index in [2.05, 4.69) is 27.7 Å². The van der Waals surface area contributed by atoms with Crippen LogP contribution in [0, 0.1) is 5.41 Å². The van der Waals surface area contributed by atoms with Gasteiger partial charge in [-0.15, -0.1) is 0 Å². The van der Waals surface area contributed by atoms with Crippen molar-refractivity contribution in [2.45, 2.75) is 53.0 Å². The summed E-state index contributed by atoms with van der Waals surface area (Å²) < 4.78 is 23.6. The van der Waals surface area contributed by atoms with Crippen LogP contribution in [-0.4, -0.2) is 41.8 Å². The molecule has 1 aliphatic rings. The van der Waals surface area contributed by atoms with Crippen LogP contribution in [0.2, 0.25) is 6.04 Å². The Bertz CT molecular complexity index is 222. The number of hydrogen-bond acceptors (Lipinski definition) is 4. The predicted octanol–water partition coefficient (Wildman–Crippen LogP) is 3.24. The molecule has 0 aromatic carbocycles. The Labute approximate surface area is 119 Å². The van der Waals surface area contributed by atoms with Crippen LogP contribution in [0.25, 0.3) is 0 Å². The van der Waals surface area contributed by atoms with Crippen LogP contribution in [0.15, 0.2) is 0 Å². The summed E-state index contributed by atoms with van der Waals surface area (Å²) in [4.78, 5) is 0. The van der Waals surface area contributed by atoms with Crippen LogP contribution >= 0.6 is 0 Å². The Hall–Kier alpha value is 0.0569. The van der Waals surface area contributed by atoms with E-state index in [1.54, 1.807) is 0 Å². The van der Waals surface area contributed by atoms with Crippen molar-refractivity contribution in [1.29, 1.82) is 0 Å². The standard InChI is InChI=1S/C14H30O4Si/c1-5-8-16-19(17-9-6-2,18-10-7-3)13-14(4)11-15-12-14/h5-13H2,1-4H3. The van der Waals surface area contributed by atoms with E-state index in [0.29, 0.717) is 0 Å². The lowest BCUT2D eigenvalue weighted by molar-refractivity contribution is -0.100. The highest BCUT2D eigenvalue weighted by Gasteiger charge is 2.50. The van der Waals surface area contributed by atoms with Gasteiger partial charge >= 0.3 is 8.80 Å². The first kappa shape index (κ1) is 17.1. The summed E-state index contributed by atoms with van der Waals surface area (Å²) in [5.74, 6) is 0. The first-order chi connectivity index (χ1) is 9.10. The van der Waals surface area contributed by atoms with Crippen LogP contribution in [0.5, 0.6) is 0 Å². The highest BCUT2D eigenvalue weighted by atomic mass is 28.4. The minimum absolute atomic E-state index is 0.168. The van der Waals surface area contributed by atoms with E-state index in [-0.39, 0.29) is 5.41 Å². The van der Waals surface area contributed by atoms with Gasteiger partial charge in [0.15, 0.2) is 0 Å². The predicted molar refractivity (Wildman–Crippen MR) is 78.2 cm³/mol. The lowest BCUT2D eigenvalue weighted by atomic mass is 9.92. The van der Waals surface area contributed by atoms with Gasteiger partial charge in [-0.2, -0.15) is 0 Å². The zero-order valence-corrected chi connectivity index (χ0v) is 14.0. The molecule has 1 rings (SSSR count). The molecule has 0 aliphatic carbocycles. The van der Waals surface area contributed by atoms with Gasteiger partial charge in [-0.3, -0.25) is 0 Å². The molecule has 5 heteroatoms. The van der Waals surface area contributed by atoms with E-state index in [4.69, 9.17) is 18.0 Å². The third kappa shape index (κ3) is 5.51. The molecule has 0 bridgehead atoms. The van der Waals surface area contributed by atoms with E-state index in [9.17, 15) is 0 Å². The van der Waals surface area contributed by atoms with Crippen molar-refractivity contribution in [1.82, 2.24) is 0 Å². The number of ether oxygens (including phenoxy) is 1. The molecule has 0 N–H and O–H groups in total. The maximum atomic E-state index is 6.09. The average Bonchev–Trinajstić information content (AvgIpc) is 2.38. The molecule has 1 saturated heterocycles. The zero-order valence-electron chi connectivity index (χ0n) is 13.0. The van der Waals surface area contributed by atoms with E-state index in [1.807, 2.05) is 0 Å². The van der Waals surface area contributed by atoms with Crippen molar-refractivity contribution in [3.8, 4) is 0 Å². The monoisotopic (exact) mass is 290 g/mol. The molecule has 4 nitrogen and oxygen atoms in total. The quantitative estimate of drug-likeness (QED) is 0.547. The van der Waals surface area contributed by atoms with Gasteiger partial charge in [0.2, 0.25) is 0 Å². The van der Waals surface area contributed by atoms with Crippen LogP contribution in [0.1, 0.15) is 47.0 Å². The van der Waals surface area contributed by atoms with Gasteiger partial charge in [0.25, 0.3) is 0 Å². The van der Waals surface area contributed by atoms with Crippen LogP contribution in [0.4, 0.5) is 0 Å². The van der Waals surface area contributed by atoms with Gasteiger partial charge in [0.05, 0.1) is 13.2 Å². The van der Waals surface area contributed by atoms with Gasteiger partial charge in [-0.25, -0.2) is 0 Å². The smallest absolute Gasteiger partial charge is 0.380 e. The molecule has 0 unspecified atom stereocenters. The first-order valence-corrected chi connectivity index (χ1v) is 9.52. The minimum atomic E-state index is -2.54. The Balaban J connectivity index is 2.68. The van der Waals surface area contributed by atoms with Crippen molar-refractivity contribution < 1.29 is 18.0 Å². The topological polar surface area (TPSA) is 36.9 Å². The molecule has 0 radical (unpaired) electrons. The van der Waals surface area contributed by atoms with Crippen LogP contribution in [0.3, 0.4) is 0 Å². The summed E-state index contributed by atoms with van der Waals surface area (Å²) >= 11 is 0. The molecular weight excluding hydrogens is 260 g/mol. The second kappa shape index (κ2) is 8.37. The fourth-order valence-corrected chi connectivity index (χ4v) is 5.48. The minimum Gasteiger partial charge on any atom is -0.380 e. The fraction of sp³-hybridized carbons (Fsp3) is 1.00. The summed E-state index contributed by atoms with van der Waals surface area (Å²) in [5.41, 5.74) is 0.168. The number of rotatable bonds is 11. The van der Waals surface area contributed by atoms with Crippen molar-refractivity contribution in [2.24, 2.45) is 5.41 Å². The highest BCUT2D eigenvalue weighted by Crippen LogP contribution is 2.37. The van der Waals surface area contributed by atoms with Crippen molar-refractivity contribution in [3.05, 3.63) is 0 Å². The molecule has 0 aromatic heterocycles. The molecule has 0 amide bonds. The first-order valence-electron chi connectivity index (χ1n) is 7.59. The molecule has 1 aliphatic heterocycles. The second-order valence-electron chi connectivity index (χ2n) is 5.71. The van der Waals surface area contributed by atoms with Gasteiger partial charge in [-0.1, -0.05) is 27.7 Å². The molecule has 19 heavy (non-hydrogen) atoms. The zero-order chi connectivity index (χ0) is 14.2. The van der Waals surface area contributed by atoms with E-state index in [0.717, 1.165) is 58.3 Å². The van der Waals surface area contributed by atoms with Crippen molar-refractivity contribution in [3.63, 3.8) is 0 Å². The fourth-order valence-electron chi connectivity index (χ4n) is 2.13. The van der Waals surface area contributed by atoms with Gasteiger partial charge in [0, 0.05) is 31.3 Å². The van der Waals surface area contributed by atoms with E-state index < -0.39 is 8.80 Å². The molecule has 0 spiro atoms. The Morgan fingerprint density at radius 2 is 1.32 bits per heavy atom. The number of hydrogen-bond donors (Lipinski definition) is 0. The molecule has 114 valence electrons. The maximum absolute atomic E-state index is 6.09. The molecule has 0 aromatic rings. The normalized spacial score (nSPS) is 18.3. The molecule has 1 heterocycles. The van der Waals surface area contributed by atoms with Crippen LogP contribution in [-0.2, 0) is 18.0 Å². The lowest BCUT2D eigenvalue weighted by Gasteiger charge is -2.43. The summed E-state index contributed by atoms with van der Waals surface area (Å²) in [5, 5.41) is 0. The van der Waals surface area contributed by atoms with E-state index >= 15 is 0 Å². The molecule has 0 atom stereocenters. The molecular formula is C14H30O4Si. The Morgan fingerprint density at radius 1 is 0.895 bits per heavy atom. The lowest BCUT2D eigenvalue weighted by Crippen LogP contribution is -2.54. The third-order valence-electron chi connectivity index (χ3n) is 3.12. The highest BCUT2D eigenvalue weighted by molar-refractivity contribution is 6.60. The SMILES string of the molecule is CCCO[Si](CC1(C)COC1)(OCCC)OCCC. The summed E-state index contributed by atoms with van der Waals surface area (Å²) in [6.45, 7) is 12.3. The average molecular weight is 290 g/mol. The van der Waals surface area contributed by atoms with Crippen molar-refractivity contribution >= 4 is 8.80 Å². The summed E-state index contributed by atoms with van der Waals surface area (Å²) in [6, 6.07) is 0.875. The van der Waals surface area contributed by atoms with Crippen LogP contribution < -0.4 is 0 Å². The Morgan fingerprint density at radius 3 is 1.58 bits per heavy atom. The summed E-state index contributed by atoms with van der Waals surface area (Å²) in [7, 11) is -2.54. The summed E-state index contributed by atoms with van der Waals surface area (Å²) in [6.07, 6.45) is 2.98. The largest absolute Gasteiger partial charge is 0.501 e. The Kier molecular flexibility index (Phi) is 7.53. The van der Waals surface area contributed by atoms with Gasteiger partial charge in [-0.05, 0) is 19.3 Å². The van der Waals surface area contributed by atoms with Gasteiger partial charge in [0.1, 0.15) is 0 Å². The maximum Gasteiger partial charge on any atom is 0.501 e. The molecule has 1 fully saturated rings. The van der Waals surface area contributed by atoms with E-state index in [1.165, 1.54) is 0 Å². The third-order valence-corrected chi connectivity index (χ3v) is 6.34. The molecule has 0 saturated carbocycles. The van der Waals surface area contributed by atoms with Crippen molar-refractivity contribution in [2.75, 3.05) is 33.0 Å². The van der Waals surface area contributed by atoms with Gasteiger partial charge < -0.3 is 18.0 Å². The second-order valence-corrected chi connectivity index (χ2v) is 8.29.